The average molecular weight is 235 g/mol. The number of thiol groups is 1. The summed E-state index contributed by atoms with van der Waals surface area (Å²) in [5.41, 5.74) is 0. The molecule has 0 heterocycles. The maximum atomic E-state index is 4.39. The Morgan fingerprint density at radius 1 is 1.29 bits per heavy atom. The second-order valence-corrected chi connectivity index (χ2v) is 5.19. The van der Waals surface area contributed by atoms with Crippen LogP contribution in [-0.4, -0.2) is 42.3 Å². The van der Waals surface area contributed by atoms with Crippen LogP contribution in [0.25, 0.3) is 0 Å². The molecular formula is C11H25NS2. The summed E-state index contributed by atoms with van der Waals surface area (Å²) in [6.45, 7) is 5.72. The van der Waals surface area contributed by atoms with Gasteiger partial charge < -0.3 is 4.90 Å². The zero-order valence-electron chi connectivity index (χ0n) is 9.99. The van der Waals surface area contributed by atoms with Crippen molar-refractivity contribution in [2.45, 2.75) is 32.7 Å². The summed E-state index contributed by atoms with van der Waals surface area (Å²) >= 11 is 6.33. The van der Waals surface area contributed by atoms with Gasteiger partial charge in [-0.25, -0.2) is 0 Å². The van der Waals surface area contributed by atoms with Crippen LogP contribution in [0, 0.1) is 5.92 Å². The lowest BCUT2D eigenvalue weighted by Gasteiger charge is -2.29. The van der Waals surface area contributed by atoms with Crippen molar-refractivity contribution in [2.24, 2.45) is 5.92 Å². The van der Waals surface area contributed by atoms with Gasteiger partial charge in [0, 0.05) is 18.3 Å². The molecule has 1 nitrogen and oxygen atoms in total. The maximum Gasteiger partial charge on any atom is 0.0180 e. The van der Waals surface area contributed by atoms with E-state index in [4.69, 9.17) is 0 Å². The first-order valence-corrected chi connectivity index (χ1v) is 7.52. The predicted molar refractivity (Wildman–Crippen MR) is 72.7 cm³/mol. The number of nitrogens with zero attached hydrogens (tertiary/aromatic N) is 1. The van der Waals surface area contributed by atoms with Crippen LogP contribution in [0.3, 0.4) is 0 Å². The van der Waals surface area contributed by atoms with Gasteiger partial charge in [0.15, 0.2) is 0 Å². The number of hydrogen-bond donors (Lipinski definition) is 1. The molecule has 0 radical (unpaired) electrons. The normalized spacial score (nSPS) is 15.9. The molecule has 0 aliphatic carbocycles. The molecule has 86 valence electrons. The molecule has 0 saturated carbocycles. The summed E-state index contributed by atoms with van der Waals surface area (Å²) in [5, 5.41) is 0. The van der Waals surface area contributed by atoms with Gasteiger partial charge in [-0.3, -0.25) is 0 Å². The molecule has 0 aromatic carbocycles. The van der Waals surface area contributed by atoms with Gasteiger partial charge in [0.2, 0.25) is 0 Å². The van der Waals surface area contributed by atoms with Gasteiger partial charge in [0.1, 0.15) is 0 Å². The first-order valence-electron chi connectivity index (χ1n) is 5.49. The van der Waals surface area contributed by atoms with Gasteiger partial charge in [0.25, 0.3) is 0 Å². The average Bonchev–Trinajstić information content (AvgIpc) is 2.22. The van der Waals surface area contributed by atoms with E-state index in [9.17, 15) is 0 Å². The topological polar surface area (TPSA) is 3.24 Å². The van der Waals surface area contributed by atoms with Crippen LogP contribution in [-0.2, 0) is 0 Å². The third-order valence-corrected chi connectivity index (χ3v) is 4.07. The van der Waals surface area contributed by atoms with E-state index in [-0.39, 0.29) is 0 Å². The Morgan fingerprint density at radius 2 is 1.93 bits per heavy atom. The zero-order chi connectivity index (χ0) is 11.0. The summed E-state index contributed by atoms with van der Waals surface area (Å²) in [6.07, 6.45) is 4.68. The van der Waals surface area contributed by atoms with Gasteiger partial charge in [-0.15, -0.1) is 0 Å². The fourth-order valence-electron chi connectivity index (χ4n) is 1.62. The molecule has 0 aromatic heterocycles. The van der Waals surface area contributed by atoms with Crippen molar-refractivity contribution in [3.63, 3.8) is 0 Å². The van der Waals surface area contributed by atoms with Gasteiger partial charge in [-0.05, 0) is 31.4 Å². The minimum absolute atomic E-state index is 0.735. The first-order chi connectivity index (χ1) is 6.69. The molecule has 2 unspecified atom stereocenters. The highest BCUT2D eigenvalue weighted by molar-refractivity contribution is 7.98. The van der Waals surface area contributed by atoms with E-state index in [1.807, 2.05) is 11.8 Å². The molecule has 0 amide bonds. The lowest BCUT2D eigenvalue weighted by Crippen LogP contribution is -2.37. The van der Waals surface area contributed by atoms with Crippen LogP contribution in [0.4, 0.5) is 0 Å². The SMILES string of the molecule is CCC(CS)CN(C)C(CC)CSC. The van der Waals surface area contributed by atoms with Crippen molar-refractivity contribution in [1.82, 2.24) is 4.90 Å². The smallest absolute Gasteiger partial charge is 0.0180 e. The molecule has 0 bridgehead atoms. The van der Waals surface area contributed by atoms with E-state index in [0.29, 0.717) is 0 Å². The Balaban J connectivity index is 3.94. The molecular weight excluding hydrogens is 210 g/mol. The Hall–Kier alpha value is 0.660. The van der Waals surface area contributed by atoms with Crippen LogP contribution >= 0.6 is 24.4 Å². The molecule has 0 N–H and O–H groups in total. The van der Waals surface area contributed by atoms with Gasteiger partial charge in [-0.2, -0.15) is 24.4 Å². The van der Waals surface area contributed by atoms with E-state index < -0.39 is 0 Å². The van der Waals surface area contributed by atoms with E-state index in [1.54, 1.807) is 0 Å². The summed E-state index contributed by atoms with van der Waals surface area (Å²) in [6, 6.07) is 0.735. The molecule has 0 spiro atoms. The van der Waals surface area contributed by atoms with Crippen LogP contribution in [0.15, 0.2) is 0 Å². The van der Waals surface area contributed by atoms with Crippen molar-refractivity contribution < 1.29 is 0 Å². The van der Waals surface area contributed by atoms with E-state index in [0.717, 1.165) is 17.7 Å². The molecule has 0 aliphatic rings. The minimum Gasteiger partial charge on any atom is -0.302 e. The van der Waals surface area contributed by atoms with E-state index >= 15 is 0 Å². The third-order valence-electron chi connectivity index (χ3n) is 2.84. The fourth-order valence-corrected chi connectivity index (χ4v) is 2.87. The Labute approximate surface area is 99.4 Å². The minimum atomic E-state index is 0.735. The van der Waals surface area contributed by atoms with Crippen LogP contribution in [0.2, 0.25) is 0 Å². The standard InChI is InChI=1S/C11H25NS2/c1-5-10(8-13)7-12(3)11(6-2)9-14-4/h10-11,13H,5-9H2,1-4H3. The van der Waals surface area contributed by atoms with Crippen LogP contribution < -0.4 is 0 Å². The highest BCUT2D eigenvalue weighted by atomic mass is 32.2. The monoisotopic (exact) mass is 235 g/mol. The highest BCUT2D eigenvalue weighted by Gasteiger charge is 2.15. The summed E-state index contributed by atoms with van der Waals surface area (Å²) in [7, 11) is 2.25. The largest absolute Gasteiger partial charge is 0.302 e. The number of thioether (sulfide) groups is 1. The molecule has 0 aromatic rings. The third kappa shape index (κ3) is 5.52. The van der Waals surface area contributed by atoms with Gasteiger partial charge in [-0.1, -0.05) is 20.3 Å². The maximum absolute atomic E-state index is 4.39. The summed E-state index contributed by atoms with van der Waals surface area (Å²) < 4.78 is 0. The van der Waals surface area contributed by atoms with Crippen LogP contribution in [0.1, 0.15) is 26.7 Å². The van der Waals surface area contributed by atoms with Crippen LogP contribution in [0.5, 0.6) is 0 Å². The molecule has 0 fully saturated rings. The molecule has 0 aliphatic heterocycles. The summed E-state index contributed by atoms with van der Waals surface area (Å²) in [5.74, 6) is 3.01. The van der Waals surface area contributed by atoms with Gasteiger partial charge >= 0.3 is 0 Å². The first kappa shape index (κ1) is 14.7. The molecule has 0 saturated heterocycles. The lowest BCUT2D eigenvalue weighted by atomic mass is 10.1. The highest BCUT2D eigenvalue weighted by Crippen LogP contribution is 2.13. The van der Waals surface area contributed by atoms with Crippen molar-refractivity contribution in [2.75, 3.05) is 31.4 Å². The Morgan fingerprint density at radius 3 is 2.29 bits per heavy atom. The fraction of sp³-hybridized carbons (Fsp3) is 1.00. The Kier molecular flexibility index (Phi) is 9.35. The zero-order valence-corrected chi connectivity index (χ0v) is 11.7. The van der Waals surface area contributed by atoms with Crippen molar-refractivity contribution >= 4 is 24.4 Å². The number of rotatable bonds is 8. The van der Waals surface area contributed by atoms with E-state index in [1.165, 1.54) is 25.1 Å². The molecule has 2 atom stereocenters. The number of hydrogen-bond acceptors (Lipinski definition) is 3. The van der Waals surface area contributed by atoms with Crippen molar-refractivity contribution in [1.29, 1.82) is 0 Å². The summed E-state index contributed by atoms with van der Waals surface area (Å²) in [4.78, 5) is 2.50. The van der Waals surface area contributed by atoms with E-state index in [2.05, 4.69) is 44.7 Å². The van der Waals surface area contributed by atoms with Crippen molar-refractivity contribution in [3.8, 4) is 0 Å². The molecule has 14 heavy (non-hydrogen) atoms. The predicted octanol–water partition coefficient (Wildman–Crippen LogP) is 3.02. The second-order valence-electron chi connectivity index (χ2n) is 3.91. The lowest BCUT2D eigenvalue weighted by molar-refractivity contribution is 0.222. The second kappa shape index (κ2) is 8.93. The van der Waals surface area contributed by atoms with Gasteiger partial charge in [0.05, 0.1) is 0 Å². The molecule has 0 rings (SSSR count). The quantitative estimate of drug-likeness (QED) is 0.644. The molecule has 3 heteroatoms. The Bertz CT molecular complexity index is 126. The van der Waals surface area contributed by atoms with Crippen molar-refractivity contribution in [3.05, 3.63) is 0 Å².